The molecule has 2 aromatic carbocycles. The van der Waals surface area contributed by atoms with E-state index in [0.717, 1.165) is 24.2 Å². The van der Waals surface area contributed by atoms with Crippen LogP contribution in [-0.2, 0) is 22.4 Å². The van der Waals surface area contributed by atoms with Crippen LogP contribution in [0.5, 0.6) is 0 Å². The number of ether oxygens (including phenoxy) is 1. The van der Waals surface area contributed by atoms with Gasteiger partial charge in [0.25, 0.3) is 0 Å². The van der Waals surface area contributed by atoms with Crippen molar-refractivity contribution < 1.29 is 19.1 Å². The van der Waals surface area contributed by atoms with Crippen molar-refractivity contribution in [3.05, 3.63) is 58.7 Å². The topological polar surface area (TPSA) is 72.5 Å². The van der Waals surface area contributed by atoms with Gasteiger partial charge in [-0.3, -0.25) is 9.59 Å². The fourth-order valence-electron chi connectivity index (χ4n) is 3.41. The standard InChI is InChI=1S/C21H19NO4S/c23-18(15-6-5-13-3-1-2-4-14(13)9-15)11-26-21(25)16-7-8-19-17(10-16)22-20(24)12-27-19/h5-10H,1-4,11-12H2,(H,22,24). The predicted octanol–water partition coefficient (Wildman–Crippen LogP) is 3.65. The molecule has 2 aliphatic rings. The molecule has 0 radical (unpaired) electrons. The number of ketones is 1. The third kappa shape index (κ3) is 3.90. The molecule has 0 aromatic heterocycles. The molecule has 27 heavy (non-hydrogen) atoms. The number of anilines is 1. The fraction of sp³-hybridized carbons (Fsp3) is 0.286. The smallest absolute Gasteiger partial charge is 0.338 e. The van der Waals surface area contributed by atoms with E-state index in [1.54, 1.807) is 18.2 Å². The van der Waals surface area contributed by atoms with E-state index in [-0.39, 0.29) is 18.3 Å². The third-order valence-corrected chi connectivity index (χ3v) is 5.93. The summed E-state index contributed by atoms with van der Waals surface area (Å²) < 4.78 is 5.20. The number of Topliss-reactive ketones (excluding diaryl/α,β-unsaturated/α-hetero) is 1. The first kappa shape index (κ1) is 17.8. The molecular formula is C21H19NO4S. The number of aryl methyl sites for hydroxylation is 2. The van der Waals surface area contributed by atoms with Gasteiger partial charge in [0, 0.05) is 10.5 Å². The predicted molar refractivity (Wildman–Crippen MR) is 103 cm³/mol. The minimum atomic E-state index is -0.575. The van der Waals surface area contributed by atoms with E-state index >= 15 is 0 Å². The summed E-state index contributed by atoms with van der Waals surface area (Å²) >= 11 is 1.43. The lowest BCUT2D eigenvalue weighted by molar-refractivity contribution is -0.113. The second-order valence-corrected chi connectivity index (χ2v) is 7.75. The highest BCUT2D eigenvalue weighted by atomic mass is 32.2. The lowest BCUT2D eigenvalue weighted by Gasteiger charge is -2.17. The summed E-state index contributed by atoms with van der Waals surface area (Å²) in [5.74, 6) is -0.514. The van der Waals surface area contributed by atoms with Crippen LogP contribution in [0, 0.1) is 0 Å². The van der Waals surface area contributed by atoms with Crippen LogP contribution in [0.2, 0.25) is 0 Å². The molecule has 0 saturated heterocycles. The Morgan fingerprint density at radius 3 is 2.63 bits per heavy atom. The Balaban J connectivity index is 1.41. The van der Waals surface area contributed by atoms with Crippen molar-refractivity contribution in [2.45, 2.75) is 30.6 Å². The molecule has 0 unspecified atom stereocenters. The molecule has 4 rings (SSSR count). The van der Waals surface area contributed by atoms with Crippen molar-refractivity contribution in [3.63, 3.8) is 0 Å². The van der Waals surface area contributed by atoms with Crippen LogP contribution in [-0.4, -0.2) is 30.0 Å². The van der Waals surface area contributed by atoms with Gasteiger partial charge in [0.05, 0.1) is 17.0 Å². The zero-order valence-corrected chi connectivity index (χ0v) is 15.6. The van der Waals surface area contributed by atoms with E-state index in [2.05, 4.69) is 5.32 Å². The van der Waals surface area contributed by atoms with Crippen molar-refractivity contribution in [1.29, 1.82) is 0 Å². The van der Waals surface area contributed by atoms with Gasteiger partial charge >= 0.3 is 5.97 Å². The number of amides is 1. The molecule has 1 aliphatic carbocycles. The molecular weight excluding hydrogens is 362 g/mol. The molecule has 5 nitrogen and oxygen atoms in total. The number of hydrogen-bond acceptors (Lipinski definition) is 5. The summed E-state index contributed by atoms with van der Waals surface area (Å²) in [6, 6.07) is 10.8. The number of thioether (sulfide) groups is 1. The highest BCUT2D eigenvalue weighted by molar-refractivity contribution is 8.00. The first-order chi connectivity index (χ1) is 13.1. The van der Waals surface area contributed by atoms with Crippen LogP contribution in [0.25, 0.3) is 0 Å². The van der Waals surface area contributed by atoms with Gasteiger partial charge in [-0.25, -0.2) is 4.79 Å². The van der Waals surface area contributed by atoms with E-state index in [0.29, 0.717) is 22.6 Å². The largest absolute Gasteiger partial charge is 0.454 e. The van der Waals surface area contributed by atoms with Crippen LogP contribution in [0.3, 0.4) is 0 Å². The number of nitrogens with one attached hydrogen (secondary N) is 1. The van der Waals surface area contributed by atoms with Crippen molar-refractivity contribution >= 4 is 35.1 Å². The molecule has 1 N–H and O–H groups in total. The fourth-order valence-corrected chi connectivity index (χ4v) is 4.20. The van der Waals surface area contributed by atoms with E-state index in [1.807, 2.05) is 18.2 Å². The van der Waals surface area contributed by atoms with Crippen molar-refractivity contribution in [2.75, 3.05) is 17.7 Å². The molecule has 0 spiro atoms. The molecule has 0 saturated carbocycles. The van der Waals surface area contributed by atoms with Gasteiger partial charge in [-0.1, -0.05) is 12.1 Å². The quantitative estimate of drug-likeness (QED) is 0.646. The first-order valence-corrected chi connectivity index (χ1v) is 9.97. The van der Waals surface area contributed by atoms with E-state index < -0.39 is 5.97 Å². The lowest BCUT2D eigenvalue weighted by Crippen LogP contribution is -2.19. The van der Waals surface area contributed by atoms with Crippen LogP contribution >= 0.6 is 11.8 Å². The maximum Gasteiger partial charge on any atom is 0.338 e. The monoisotopic (exact) mass is 381 g/mol. The molecule has 1 aliphatic heterocycles. The van der Waals surface area contributed by atoms with Gasteiger partial charge in [-0.05, 0) is 61.1 Å². The molecule has 0 fully saturated rings. The molecule has 2 aromatic rings. The number of fused-ring (bicyclic) bond motifs is 2. The Labute approximate surface area is 161 Å². The Morgan fingerprint density at radius 2 is 1.78 bits per heavy atom. The average molecular weight is 381 g/mol. The Morgan fingerprint density at radius 1 is 1.00 bits per heavy atom. The van der Waals surface area contributed by atoms with Crippen molar-refractivity contribution in [3.8, 4) is 0 Å². The van der Waals surface area contributed by atoms with E-state index in [4.69, 9.17) is 4.74 Å². The average Bonchev–Trinajstić information content (AvgIpc) is 2.70. The Kier molecular flexibility index (Phi) is 4.99. The number of carbonyl (C=O) groups excluding carboxylic acids is 3. The van der Waals surface area contributed by atoms with Crippen molar-refractivity contribution in [2.24, 2.45) is 0 Å². The number of rotatable bonds is 4. The Hall–Kier alpha value is -2.60. The first-order valence-electron chi connectivity index (χ1n) is 8.99. The summed E-state index contributed by atoms with van der Waals surface area (Å²) in [4.78, 5) is 37.1. The zero-order chi connectivity index (χ0) is 18.8. The second kappa shape index (κ2) is 7.56. The SMILES string of the molecule is O=C1CSc2ccc(C(=O)OCC(=O)c3ccc4c(c3)CCCC4)cc2N1. The molecule has 6 heteroatoms. The van der Waals surface area contributed by atoms with Crippen LogP contribution in [0.4, 0.5) is 5.69 Å². The Bertz CT molecular complexity index is 938. The number of esters is 1. The molecule has 1 amide bonds. The zero-order valence-electron chi connectivity index (χ0n) is 14.7. The third-order valence-electron chi connectivity index (χ3n) is 4.85. The highest BCUT2D eigenvalue weighted by Gasteiger charge is 2.19. The van der Waals surface area contributed by atoms with Crippen LogP contribution < -0.4 is 5.32 Å². The van der Waals surface area contributed by atoms with Gasteiger partial charge < -0.3 is 10.1 Å². The van der Waals surface area contributed by atoms with Crippen LogP contribution in [0.1, 0.15) is 44.7 Å². The number of benzene rings is 2. The minimum absolute atomic E-state index is 0.0967. The van der Waals surface area contributed by atoms with Crippen LogP contribution in [0.15, 0.2) is 41.3 Å². The van der Waals surface area contributed by atoms with E-state index in [9.17, 15) is 14.4 Å². The summed E-state index contributed by atoms with van der Waals surface area (Å²) in [6.45, 7) is -0.296. The van der Waals surface area contributed by atoms with Gasteiger partial charge in [-0.2, -0.15) is 0 Å². The summed E-state index contributed by atoms with van der Waals surface area (Å²) in [5, 5.41) is 2.74. The van der Waals surface area contributed by atoms with Gasteiger partial charge in [-0.15, -0.1) is 11.8 Å². The molecule has 0 atom stereocenters. The molecule has 1 heterocycles. The lowest BCUT2D eigenvalue weighted by atomic mass is 9.90. The normalized spacial score (nSPS) is 15.3. The summed E-state index contributed by atoms with van der Waals surface area (Å²) in [6.07, 6.45) is 4.39. The summed E-state index contributed by atoms with van der Waals surface area (Å²) in [5.41, 5.74) is 4.03. The van der Waals surface area contributed by atoms with Gasteiger partial charge in [0.2, 0.25) is 5.91 Å². The number of carbonyl (C=O) groups is 3. The number of hydrogen-bond donors (Lipinski definition) is 1. The van der Waals surface area contributed by atoms with Gasteiger partial charge in [0.1, 0.15) is 0 Å². The second-order valence-electron chi connectivity index (χ2n) is 6.74. The molecule has 0 bridgehead atoms. The van der Waals surface area contributed by atoms with Gasteiger partial charge in [0.15, 0.2) is 12.4 Å². The maximum atomic E-state index is 12.4. The van der Waals surface area contributed by atoms with E-state index in [1.165, 1.54) is 29.3 Å². The molecule has 138 valence electrons. The maximum absolute atomic E-state index is 12.4. The summed E-state index contributed by atoms with van der Waals surface area (Å²) in [7, 11) is 0. The highest BCUT2D eigenvalue weighted by Crippen LogP contribution is 2.32. The minimum Gasteiger partial charge on any atom is -0.454 e. The van der Waals surface area contributed by atoms with Crippen molar-refractivity contribution in [1.82, 2.24) is 0 Å².